The maximum Gasteiger partial charge on any atom is 0.223 e. The molecule has 0 radical (unpaired) electrons. The summed E-state index contributed by atoms with van der Waals surface area (Å²) in [6.07, 6.45) is 4.03. The number of rotatable bonds is 8. The molecule has 0 unspecified atom stereocenters. The predicted octanol–water partition coefficient (Wildman–Crippen LogP) is 4.82. The summed E-state index contributed by atoms with van der Waals surface area (Å²) in [5, 5.41) is 5.61. The molecule has 5 nitrogen and oxygen atoms in total. The predicted molar refractivity (Wildman–Crippen MR) is 135 cm³/mol. The van der Waals surface area contributed by atoms with Gasteiger partial charge >= 0.3 is 0 Å². The third kappa shape index (κ3) is 4.49. The summed E-state index contributed by atoms with van der Waals surface area (Å²) in [6.45, 7) is 3.69. The van der Waals surface area contributed by atoms with Crippen LogP contribution in [0.15, 0.2) is 60.7 Å². The van der Waals surface area contributed by atoms with Crippen LogP contribution >= 0.6 is 0 Å². The Bertz CT molecular complexity index is 1170. The zero-order valence-electron chi connectivity index (χ0n) is 20.2. The quantitative estimate of drug-likeness (QED) is 0.526. The summed E-state index contributed by atoms with van der Waals surface area (Å²) in [6, 6.07) is 20.8. The molecule has 1 saturated carbocycles. The smallest absolute Gasteiger partial charge is 0.223 e. The minimum absolute atomic E-state index is 0.175. The Balaban J connectivity index is 1.13. The summed E-state index contributed by atoms with van der Waals surface area (Å²) in [4.78, 5) is 15.4. The second-order valence-corrected chi connectivity index (χ2v) is 9.72. The minimum Gasteiger partial charge on any atom is -0.496 e. The van der Waals surface area contributed by atoms with Crippen molar-refractivity contribution in [3.8, 4) is 11.5 Å². The highest BCUT2D eigenvalue weighted by atomic mass is 16.5. The highest BCUT2D eigenvalue weighted by molar-refractivity contribution is 5.91. The fraction of sp³-hybridized carbons (Fsp3) is 0.414. The summed E-state index contributed by atoms with van der Waals surface area (Å²) < 4.78 is 11.0. The number of carbonyl (C=O) groups excluding carboxylic acids is 1. The number of para-hydroxylation sites is 1. The molecule has 0 aromatic heterocycles. The highest BCUT2D eigenvalue weighted by Gasteiger charge is 2.58. The topological polar surface area (TPSA) is 50.8 Å². The van der Waals surface area contributed by atoms with Crippen LogP contribution in [-0.4, -0.2) is 44.7 Å². The van der Waals surface area contributed by atoms with Crippen LogP contribution in [0.25, 0.3) is 10.8 Å². The minimum atomic E-state index is 0.175. The van der Waals surface area contributed by atoms with Gasteiger partial charge in [-0.25, -0.2) is 0 Å². The Morgan fingerprint density at radius 3 is 2.38 bits per heavy atom. The molecule has 1 amide bonds. The van der Waals surface area contributed by atoms with Gasteiger partial charge in [0.1, 0.15) is 11.5 Å². The van der Waals surface area contributed by atoms with Gasteiger partial charge in [0, 0.05) is 24.4 Å². The Morgan fingerprint density at radius 1 is 0.912 bits per heavy atom. The molecule has 2 aliphatic rings. The van der Waals surface area contributed by atoms with Gasteiger partial charge in [-0.15, -0.1) is 0 Å². The van der Waals surface area contributed by atoms with Gasteiger partial charge in [0.2, 0.25) is 5.91 Å². The number of likely N-dealkylation sites (tertiary alicyclic amines) is 1. The lowest BCUT2D eigenvalue weighted by Gasteiger charge is -2.33. The molecule has 1 heterocycles. The number of amides is 1. The molecule has 178 valence electrons. The lowest BCUT2D eigenvalue weighted by Crippen LogP contribution is -2.37. The molecule has 0 bridgehead atoms. The monoisotopic (exact) mass is 458 g/mol. The van der Waals surface area contributed by atoms with Crippen molar-refractivity contribution in [3.05, 3.63) is 71.8 Å². The van der Waals surface area contributed by atoms with Gasteiger partial charge in [-0.3, -0.25) is 9.69 Å². The fourth-order valence-electron chi connectivity index (χ4n) is 5.67. The molecule has 3 aromatic rings. The van der Waals surface area contributed by atoms with Gasteiger partial charge in [-0.05, 0) is 72.8 Å². The number of benzene rings is 3. The van der Waals surface area contributed by atoms with Crippen LogP contribution in [-0.2, 0) is 17.8 Å². The summed E-state index contributed by atoms with van der Waals surface area (Å²) in [7, 11) is 3.42. The highest BCUT2D eigenvalue weighted by Crippen LogP contribution is 2.59. The molecule has 2 fully saturated rings. The number of ether oxygens (including phenoxy) is 2. The van der Waals surface area contributed by atoms with Crippen LogP contribution in [0.5, 0.6) is 11.5 Å². The molecule has 1 aliphatic carbocycles. The van der Waals surface area contributed by atoms with E-state index in [4.69, 9.17) is 9.47 Å². The lowest BCUT2D eigenvalue weighted by molar-refractivity contribution is -0.123. The molecule has 34 heavy (non-hydrogen) atoms. The summed E-state index contributed by atoms with van der Waals surface area (Å²) in [5.41, 5.74) is 2.69. The van der Waals surface area contributed by atoms with E-state index in [9.17, 15) is 4.79 Å². The first-order chi connectivity index (χ1) is 16.6. The van der Waals surface area contributed by atoms with Crippen molar-refractivity contribution in [1.29, 1.82) is 0 Å². The zero-order chi connectivity index (χ0) is 23.5. The second-order valence-electron chi connectivity index (χ2n) is 9.72. The molecule has 1 aliphatic heterocycles. The Morgan fingerprint density at radius 2 is 1.62 bits per heavy atom. The summed E-state index contributed by atoms with van der Waals surface area (Å²) >= 11 is 0. The zero-order valence-corrected chi connectivity index (χ0v) is 20.2. The van der Waals surface area contributed by atoms with Crippen LogP contribution in [0.2, 0.25) is 0 Å². The molecule has 1 N–H and O–H groups in total. The van der Waals surface area contributed by atoms with Crippen LogP contribution in [0.3, 0.4) is 0 Å². The van der Waals surface area contributed by atoms with E-state index in [1.54, 1.807) is 14.2 Å². The van der Waals surface area contributed by atoms with Gasteiger partial charge in [0.05, 0.1) is 14.2 Å². The van der Waals surface area contributed by atoms with Crippen molar-refractivity contribution in [2.75, 3.05) is 33.9 Å². The molecular formula is C29H34N2O3. The van der Waals surface area contributed by atoms with Crippen LogP contribution < -0.4 is 14.8 Å². The van der Waals surface area contributed by atoms with Crippen molar-refractivity contribution in [3.63, 3.8) is 0 Å². The number of piperidine rings is 1. The van der Waals surface area contributed by atoms with Gasteiger partial charge < -0.3 is 14.8 Å². The van der Waals surface area contributed by atoms with E-state index >= 15 is 0 Å². The second kappa shape index (κ2) is 9.67. The van der Waals surface area contributed by atoms with Crippen LogP contribution in [0.1, 0.15) is 30.4 Å². The van der Waals surface area contributed by atoms with Gasteiger partial charge in [-0.1, -0.05) is 48.5 Å². The molecule has 5 heteroatoms. The van der Waals surface area contributed by atoms with E-state index in [0.29, 0.717) is 6.54 Å². The van der Waals surface area contributed by atoms with Gasteiger partial charge in [0.25, 0.3) is 0 Å². The SMILES string of the molecule is COc1ccccc1CCNC(=O)[C@H]1CC12CCN(Cc1ccc(OC)c3ccccc13)CC2. The van der Waals surface area contributed by atoms with E-state index < -0.39 is 0 Å². The number of hydrogen-bond acceptors (Lipinski definition) is 4. The number of carbonyl (C=O) groups is 1. The Kier molecular flexibility index (Phi) is 6.46. The van der Waals surface area contributed by atoms with E-state index in [1.807, 2.05) is 18.2 Å². The number of hydrogen-bond donors (Lipinski definition) is 1. The van der Waals surface area contributed by atoms with Gasteiger partial charge in [0.15, 0.2) is 0 Å². The Labute approximate surface area is 202 Å². The van der Waals surface area contributed by atoms with Crippen LogP contribution in [0.4, 0.5) is 0 Å². The number of methoxy groups -OCH3 is 2. The van der Waals surface area contributed by atoms with E-state index in [2.05, 4.69) is 52.7 Å². The average molecular weight is 459 g/mol. The number of nitrogens with one attached hydrogen (secondary N) is 1. The number of fused-ring (bicyclic) bond motifs is 1. The standard InChI is InChI=1S/C29H34N2O3/c1-33-26-10-6-3-7-21(26)13-16-30-28(32)25-19-29(25)14-17-31(18-15-29)20-22-11-12-27(34-2)24-9-5-4-8-23(22)24/h3-12,25H,13-20H2,1-2H3,(H,30,32)/t25-/m1/s1. The third-order valence-electron chi connectivity index (χ3n) is 7.83. The molecule has 1 spiro atoms. The Hall–Kier alpha value is -3.05. The average Bonchev–Trinajstić information content (AvgIpc) is 3.59. The van der Waals surface area contributed by atoms with Crippen molar-refractivity contribution >= 4 is 16.7 Å². The lowest BCUT2D eigenvalue weighted by atomic mass is 9.90. The molecular weight excluding hydrogens is 424 g/mol. The summed E-state index contributed by atoms with van der Waals surface area (Å²) in [5.74, 6) is 2.21. The van der Waals surface area contributed by atoms with E-state index in [1.165, 1.54) is 16.3 Å². The maximum atomic E-state index is 12.8. The fourth-order valence-corrected chi connectivity index (χ4v) is 5.67. The van der Waals surface area contributed by atoms with E-state index in [0.717, 1.165) is 62.4 Å². The third-order valence-corrected chi connectivity index (χ3v) is 7.83. The maximum absolute atomic E-state index is 12.8. The first-order valence-corrected chi connectivity index (χ1v) is 12.3. The normalized spacial score (nSPS) is 19.2. The number of nitrogens with zero attached hydrogens (tertiary/aromatic N) is 1. The van der Waals surface area contributed by atoms with Gasteiger partial charge in [-0.2, -0.15) is 0 Å². The van der Waals surface area contributed by atoms with Crippen molar-refractivity contribution in [1.82, 2.24) is 10.2 Å². The molecule has 5 rings (SSSR count). The van der Waals surface area contributed by atoms with Crippen molar-refractivity contribution in [2.45, 2.75) is 32.2 Å². The first-order valence-electron chi connectivity index (χ1n) is 12.3. The molecule has 3 aromatic carbocycles. The first kappa shape index (κ1) is 22.7. The molecule has 1 atom stereocenters. The van der Waals surface area contributed by atoms with Crippen LogP contribution in [0, 0.1) is 11.3 Å². The molecule has 1 saturated heterocycles. The van der Waals surface area contributed by atoms with E-state index in [-0.39, 0.29) is 17.2 Å². The van der Waals surface area contributed by atoms with Crippen molar-refractivity contribution in [2.24, 2.45) is 11.3 Å². The van der Waals surface area contributed by atoms with Crippen molar-refractivity contribution < 1.29 is 14.3 Å². The largest absolute Gasteiger partial charge is 0.496 e.